The highest BCUT2D eigenvalue weighted by molar-refractivity contribution is 8.03. The van der Waals surface area contributed by atoms with Gasteiger partial charge < -0.3 is 44.6 Å². The zero-order valence-electron chi connectivity index (χ0n) is 27.2. The van der Waals surface area contributed by atoms with Crippen molar-refractivity contribution in [2.24, 2.45) is 17.6 Å². The highest BCUT2D eigenvalue weighted by atomic mass is 32.2. The molecule has 3 rings (SSSR count). The molecule has 45 heavy (non-hydrogen) atoms. The number of nitrogens with one attached hydrogen (secondary N) is 1. The molecule has 12 nitrogen and oxygen atoms in total. The van der Waals surface area contributed by atoms with Gasteiger partial charge in [0.05, 0.1) is 29.8 Å². The number of ether oxygens (including phenoxy) is 6. The molecule has 0 saturated carbocycles. The molecule has 13 heteroatoms. The molecule has 0 aromatic heterocycles. The fraction of sp³-hybridized carbons (Fsp3) is 0.594. The van der Waals surface area contributed by atoms with Crippen LogP contribution < -0.4 is 11.1 Å². The highest BCUT2D eigenvalue weighted by Gasteiger charge is 2.46. The lowest BCUT2D eigenvalue weighted by atomic mass is 9.83. The van der Waals surface area contributed by atoms with E-state index in [4.69, 9.17) is 34.2 Å². The average molecular weight is 651 g/mol. The molecule has 0 spiro atoms. The van der Waals surface area contributed by atoms with Crippen LogP contribution in [0, 0.1) is 11.8 Å². The van der Waals surface area contributed by atoms with Crippen molar-refractivity contribution in [3.8, 4) is 0 Å². The Balaban J connectivity index is 2.19. The van der Waals surface area contributed by atoms with E-state index in [1.54, 1.807) is 40.2 Å². The number of hydrogen-bond acceptors (Lipinski definition) is 11. The van der Waals surface area contributed by atoms with E-state index in [-0.39, 0.29) is 40.2 Å². The van der Waals surface area contributed by atoms with Gasteiger partial charge in [-0.25, -0.2) is 4.79 Å². The molecule has 0 aromatic carbocycles. The third-order valence-corrected chi connectivity index (χ3v) is 9.37. The maximum atomic E-state index is 14.0. The van der Waals surface area contributed by atoms with Crippen molar-refractivity contribution in [1.82, 2.24) is 5.32 Å². The second-order valence-corrected chi connectivity index (χ2v) is 12.5. The molecular weight excluding hydrogens is 604 g/mol. The predicted octanol–water partition coefficient (Wildman–Crippen LogP) is 2.92. The van der Waals surface area contributed by atoms with E-state index < -0.39 is 54.1 Å². The summed E-state index contributed by atoms with van der Waals surface area (Å²) in [6.45, 7) is 7.48. The van der Waals surface area contributed by atoms with Crippen LogP contribution in [0.4, 0.5) is 4.79 Å². The number of nitrogens with two attached hydrogens (primary N) is 1. The Labute approximate surface area is 269 Å². The number of aliphatic hydroxyl groups is 1. The molecule has 4 N–H and O–H groups in total. The molecule has 8 atom stereocenters. The highest BCUT2D eigenvalue weighted by Crippen LogP contribution is 2.43. The van der Waals surface area contributed by atoms with Crippen molar-refractivity contribution in [3.05, 3.63) is 57.7 Å². The largest absolute Gasteiger partial charge is 0.439 e. The Bertz CT molecular complexity index is 1270. The molecule has 1 aliphatic carbocycles. The van der Waals surface area contributed by atoms with E-state index in [2.05, 4.69) is 5.32 Å². The number of rotatable bonds is 5. The van der Waals surface area contributed by atoms with Crippen molar-refractivity contribution in [2.75, 3.05) is 40.8 Å². The van der Waals surface area contributed by atoms with Gasteiger partial charge in [0.25, 0.3) is 5.91 Å². The van der Waals surface area contributed by atoms with Crippen molar-refractivity contribution >= 4 is 29.5 Å². The van der Waals surface area contributed by atoms with Crippen molar-refractivity contribution in [2.45, 2.75) is 70.4 Å². The summed E-state index contributed by atoms with van der Waals surface area (Å²) in [5.41, 5.74) is 6.44. The standard InChI is InChI=1S/C32H46N2O10S/c1-17-10-9-11-22(39-5)28(44-31(33)37)19(3)14-18(2)27(42-8)23(40-6)15-20(4)26(41-7)21-16-32(38)29(45-13-12-43-32)24(25(21)35)34-30(17)36/h9-11,14,16,18,20,22-23,26-28,38H,12-13,15H2,1-8H3,(H2,33,37)(H,34,36)/b11-9-,17-10+,19-14+/t18-,20-,22?,23-,26+,27?,28-,32?/m0/s1. The van der Waals surface area contributed by atoms with Crippen LogP contribution in [0.2, 0.25) is 0 Å². The minimum absolute atomic E-state index is 0.0650. The summed E-state index contributed by atoms with van der Waals surface area (Å²) < 4.78 is 34.6. The molecule has 2 heterocycles. The molecule has 2 bridgehead atoms. The third kappa shape index (κ3) is 8.53. The lowest BCUT2D eigenvalue weighted by molar-refractivity contribution is -0.139. The number of Topliss-reactive ketones (excluding diaryl/α,β-unsaturated/α-hetero) is 1. The summed E-state index contributed by atoms with van der Waals surface area (Å²) >= 11 is 1.25. The average Bonchev–Trinajstić information content (AvgIpc) is 2.99. The minimum atomic E-state index is -1.91. The summed E-state index contributed by atoms with van der Waals surface area (Å²) in [7, 11) is 6.11. The van der Waals surface area contributed by atoms with Crippen LogP contribution >= 0.6 is 11.8 Å². The van der Waals surface area contributed by atoms with E-state index in [1.807, 2.05) is 19.9 Å². The number of methoxy groups -OCH3 is 4. The van der Waals surface area contributed by atoms with Crippen LogP contribution in [0.15, 0.2) is 57.7 Å². The Hall–Kier alpha value is -2.78. The SMILES string of the molecule is COC1[C@@H](OC)C[C@H](C)[C@@H](OC)C2=CC3(O)OCCSC3=C(NC(=O)/C(C)=C/C=C\C(OC)[C@@H](OC(N)=O)/C(C)=C/[C@@H]1C)C2=O. The van der Waals surface area contributed by atoms with Gasteiger partial charge in [0.1, 0.15) is 11.8 Å². The first-order chi connectivity index (χ1) is 21.3. The molecular formula is C32H46N2O10S. The van der Waals surface area contributed by atoms with Gasteiger partial charge in [0.2, 0.25) is 11.6 Å². The fourth-order valence-corrected chi connectivity index (χ4v) is 6.97. The van der Waals surface area contributed by atoms with E-state index in [9.17, 15) is 19.5 Å². The van der Waals surface area contributed by atoms with Crippen LogP contribution in [0.3, 0.4) is 0 Å². The molecule has 250 valence electrons. The van der Waals surface area contributed by atoms with E-state index in [0.717, 1.165) is 0 Å². The van der Waals surface area contributed by atoms with Gasteiger partial charge in [-0.05, 0) is 37.8 Å². The zero-order chi connectivity index (χ0) is 33.5. The first kappa shape index (κ1) is 36.7. The van der Waals surface area contributed by atoms with Gasteiger partial charge in [-0.3, -0.25) is 9.59 Å². The Morgan fingerprint density at radius 3 is 2.40 bits per heavy atom. The maximum Gasteiger partial charge on any atom is 0.405 e. The molecule has 3 unspecified atom stereocenters. The maximum absolute atomic E-state index is 14.0. The van der Waals surface area contributed by atoms with Gasteiger partial charge in [-0.1, -0.05) is 38.2 Å². The van der Waals surface area contributed by atoms with Crippen molar-refractivity contribution in [3.63, 3.8) is 0 Å². The summed E-state index contributed by atoms with van der Waals surface area (Å²) in [4.78, 5) is 39.5. The summed E-state index contributed by atoms with van der Waals surface area (Å²) in [5.74, 6) is -3.01. The Morgan fingerprint density at radius 2 is 1.80 bits per heavy atom. The number of carbonyl (C=O) groups is 3. The molecule has 2 amide bonds. The number of carbonyl (C=O) groups excluding carboxylic acids is 3. The Morgan fingerprint density at radius 1 is 1.09 bits per heavy atom. The van der Waals surface area contributed by atoms with Gasteiger partial charge in [0, 0.05) is 51.3 Å². The number of hydrogen-bond donors (Lipinski definition) is 3. The normalized spacial score (nSPS) is 36.9. The zero-order valence-corrected chi connectivity index (χ0v) is 28.0. The van der Waals surface area contributed by atoms with Crippen molar-refractivity contribution in [1.29, 1.82) is 0 Å². The molecule has 1 fully saturated rings. The monoisotopic (exact) mass is 650 g/mol. The predicted molar refractivity (Wildman–Crippen MR) is 169 cm³/mol. The third-order valence-electron chi connectivity index (χ3n) is 8.22. The van der Waals surface area contributed by atoms with Gasteiger partial charge >= 0.3 is 6.09 Å². The first-order valence-electron chi connectivity index (χ1n) is 14.7. The van der Waals surface area contributed by atoms with Crippen LogP contribution in [-0.2, 0) is 38.0 Å². The molecule has 0 radical (unpaired) electrons. The van der Waals surface area contributed by atoms with E-state index in [1.165, 1.54) is 38.1 Å². The van der Waals surface area contributed by atoms with E-state index >= 15 is 0 Å². The van der Waals surface area contributed by atoms with Crippen LogP contribution in [0.5, 0.6) is 0 Å². The number of allylic oxidation sites excluding steroid dienone is 3. The lowest BCUT2D eigenvalue weighted by Gasteiger charge is -2.39. The number of thioether (sulfide) groups is 1. The van der Waals surface area contributed by atoms with Gasteiger partial charge in [0.15, 0.2) is 6.10 Å². The fourth-order valence-electron chi connectivity index (χ4n) is 5.99. The molecule has 1 saturated heterocycles. The second-order valence-electron chi connectivity index (χ2n) is 11.4. The van der Waals surface area contributed by atoms with Gasteiger partial charge in [-0.2, -0.15) is 0 Å². The quantitative estimate of drug-likeness (QED) is 0.375. The molecule has 2 aliphatic heterocycles. The molecule has 3 aliphatic rings. The van der Waals surface area contributed by atoms with Crippen molar-refractivity contribution < 1.29 is 47.9 Å². The molecule has 0 aromatic rings. The van der Waals surface area contributed by atoms with Gasteiger partial charge in [-0.15, -0.1) is 11.8 Å². The number of primary amides is 1. The number of fused-ring (bicyclic) bond motifs is 3. The lowest BCUT2D eigenvalue weighted by Crippen LogP contribution is -2.47. The first-order valence-corrected chi connectivity index (χ1v) is 15.7. The van der Waals surface area contributed by atoms with Crippen LogP contribution in [-0.4, -0.2) is 100.0 Å². The smallest absolute Gasteiger partial charge is 0.405 e. The Kier molecular flexibility index (Phi) is 13.2. The summed E-state index contributed by atoms with van der Waals surface area (Å²) in [6.07, 6.45) is 4.16. The van der Waals surface area contributed by atoms with Crippen LogP contribution in [0.1, 0.15) is 34.1 Å². The van der Waals surface area contributed by atoms with E-state index in [0.29, 0.717) is 17.7 Å². The number of ketones is 1. The number of amides is 2. The summed E-state index contributed by atoms with van der Waals surface area (Å²) in [6, 6.07) is 0. The summed E-state index contributed by atoms with van der Waals surface area (Å²) in [5, 5.41) is 14.3. The topological polar surface area (TPSA) is 165 Å². The van der Waals surface area contributed by atoms with Crippen LogP contribution in [0.25, 0.3) is 0 Å². The second kappa shape index (κ2) is 16.2. The minimum Gasteiger partial charge on any atom is -0.439 e.